The topological polar surface area (TPSA) is 112 Å². The van der Waals surface area contributed by atoms with Crippen LogP contribution in [0.5, 0.6) is 0 Å². The summed E-state index contributed by atoms with van der Waals surface area (Å²) in [6, 6.07) is 7.56. The monoisotopic (exact) mass is 588 g/mol. The average molecular weight is 589 g/mol. The number of esters is 1. The van der Waals surface area contributed by atoms with Gasteiger partial charge in [0.15, 0.2) is 11.5 Å². The second-order valence-electron chi connectivity index (χ2n) is 13.9. The second-order valence-corrected chi connectivity index (χ2v) is 13.9. The van der Waals surface area contributed by atoms with Gasteiger partial charge in [-0.15, -0.1) is 0 Å². The fourth-order valence-electron chi connectivity index (χ4n) is 8.30. The number of hydrogen-bond donors (Lipinski definition) is 0. The highest BCUT2D eigenvalue weighted by Crippen LogP contribution is 2.60. The van der Waals surface area contributed by atoms with Gasteiger partial charge in [0.1, 0.15) is 11.9 Å². The molecule has 4 bridgehead atoms. The first-order valence-corrected chi connectivity index (χ1v) is 15.9. The van der Waals surface area contributed by atoms with E-state index < -0.39 is 11.6 Å². The fraction of sp³-hybridized carbons (Fsp3) is 0.606. The van der Waals surface area contributed by atoms with Crippen molar-refractivity contribution >= 4 is 17.6 Å². The predicted molar refractivity (Wildman–Crippen MR) is 153 cm³/mol. The van der Waals surface area contributed by atoms with Gasteiger partial charge in [-0.3, -0.25) is 4.79 Å². The largest absolute Gasteiger partial charge is 0.461 e. The number of halogens is 1. The minimum Gasteiger partial charge on any atom is -0.461 e. The fourth-order valence-corrected chi connectivity index (χ4v) is 8.30. The maximum atomic E-state index is 15.0. The van der Waals surface area contributed by atoms with Crippen LogP contribution in [-0.2, 0) is 14.9 Å². The molecule has 2 aromatic heterocycles. The van der Waals surface area contributed by atoms with Gasteiger partial charge in [-0.25, -0.2) is 14.2 Å². The standard InChI is InChI=1S/C33H37FN4O5/c1-2-41-29(40)25-18-42-27(35-25)21-4-3-5-23(14-21)38(28(39)24-17-33(34)15-22(24)16-33)19-31-8-11-32(12-9-31,13-10-31)30-36-26(37-43-30)20-6-7-20/h3-5,14,18,20,22,24H,2,6-13,15-17,19H2,1H3/t22?,24-,31?,32?,33?/m0/s1. The van der Waals surface area contributed by atoms with Crippen molar-refractivity contribution in [3.63, 3.8) is 0 Å². The van der Waals surface area contributed by atoms with E-state index in [0.717, 1.165) is 68.8 Å². The molecule has 226 valence electrons. The van der Waals surface area contributed by atoms with Crippen LogP contribution in [0.25, 0.3) is 11.5 Å². The second kappa shape index (κ2) is 9.72. The molecule has 2 heterocycles. The molecule has 7 aliphatic carbocycles. The Balaban J connectivity index is 1.06. The van der Waals surface area contributed by atoms with Crippen LogP contribution in [0.4, 0.5) is 10.1 Å². The van der Waals surface area contributed by atoms with E-state index in [1.807, 2.05) is 29.2 Å². The first-order valence-electron chi connectivity index (χ1n) is 15.9. The lowest BCUT2D eigenvalue weighted by Crippen LogP contribution is -2.51. The molecule has 43 heavy (non-hydrogen) atoms. The molecular formula is C33H37FN4O5. The number of aromatic nitrogens is 3. The summed E-state index contributed by atoms with van der Waals surface area (Å²) in [5, 5.41) is 4.30. The molecule has 9 nitrogen and oxygen atoms in total. The van der Waals surface area contributed by atoms with E-state index in [2.05, 4.69) is 10.1 Å². The van der Waals surface area contributed by atoms with Gasteiger partial charge in [-0.05, 0) is 107 Å². The molecule has 7 aliphatic rings. The normalized spacial score (nSPS) is 32.4. The van der Waals surface area contributed by atoms with Gasteiger partial charge in [0.2, 0.25) is 17.7 Å². The molecule has 10 heteroatoms. The molecule has 0 aliphatic heterocycles. The SMILES string of the molecule is CCOC(=O)c1coc(-c2cccc(N(CC34CCC(c5nc(C6CC6)no5)(CC3)CC4)C(=O)[C@H]3CC4(F)CC3C4)c2)n1. The zero-order chi connectivity index (χ0) is 29.4. The van der Waals surface area contributed by atoms with Crippen LogP contribution in [0.1, 0.15) is 106 Å². The summed E-state index contributed by atoms with van der Waals surface area (Å²) in [7, 11) is 0. The van der Waals surface area contributed by atoms with E-state index in [4.69, 9.17) is 18.7 Å². The van der Waals surface area contributed by atoms with Crippen LogP contribution in [0.3, 0.4) is 0 Å². The maximum absolute atomic E-state index is 15.0. The number of oxazole rings is 1. The first kappa shape index (κ1) is 27.0. The number of hydrogen-bond acceptors (Lipinski definition) is 8. The number of fused-ring (bicyclic) bond motifs is 4. The lowest BCUT2D eigenvalue weighted by molar-refractivity contribution is -0.123. The lowest BCUT2D eigenvalue weighted by atomic mass is 9.53. The minimum atomic E-state index is -1.18. The van der Waals surface area contributed by atoms with Gasteiger partial charge in [0.25, 0.3) is 0 Å². The lowest BCUT2D eigenvalue weighted by Gasteiger charge is -2.53. The maximum Gasteiger partial charge on any atom is 0.360 e. The zero-order valence-corrected chi connectivity index (χ0v) is 24.5. The molecule has 7 saturated carbocycles. The number of alkyl halides is 1. The number of amides is 1. The summed E-state index contributed by atoms with van der Waals surface area (Å²) >= 11 is 0. The quantitative estimate of drug-likeness (QED) is 0.259. The van der Waals surface area contributed by atoms with E-state index in [-0.39, 0.29) is 46.8 Å². The zero-order valence-electron chi connectivity index (χ0n) is 24.5. The molecule has 0 radical (unpaired) electrons. The van der Waals surface area contributed by atoms with Crippen molar-refractivity contribution in [1.82, 2.24) is 15.1 Å². The van der Waals surface area contributed by atoms with Crippen molar-refractivity contribution < 1.29 is 27.7 Å². The Hall–Kier alpha value is -3.56. The Labute approximate surface area is 249 Å². The van der Waals surface area contributed by atoms with Gasteiger partial charge in [-0.1, -0.05) is 11.2 Å². The molecule has 10 rings (SSSR count). The molecule has 1 aromatic carbocycles. The predicted octanol–water partition coefficient (Wildman–Crippen LogP) is 6.54. The van der Waals surface area contributed by atoms with Gasteiger partial charge in [0.05, 0.1) is 6.61 Å². The van der Waals surface area contributed by atoms with Crippen LogP contribution in [0, 0.1) is 17.3 Å². The van der Waals surface area contributed by atoms with Crippen molar-refractivity contribution in [2.45, 2.75) is 94.6 Å². The van der Waals surface area contributed by atoms with E-state index in [1.165, 1.54) is 6.26 Å². The summed E-state index contributed by atoms with van der Waals surface area (Å²) < 4.78 is 31.5. The Kier molecular flexibility index (Phi) is 6.11. The number of ether oxygens (including phenoxy) is 1. The van der Waals surface area contributed by atoms with Crippen molar-refractivity contribution in [2.75, 3.05) is 18.1 Å². The highest BCUT2D eigenvalue weighted by Gasteiger charge is 2.60. The van der Waals surface area contributed by atoms with Gasteiger partial charge < -0.3 is 18.6 Å². The van der Waals surface area contributed by atoms with Crippen LogP contribution < -0.4 is 4.90 Å². The van der Waals surface area contributed by atoms with Crippen molar-refractivity contribution in [3.8, 4) is 11.5 Å². The van der Waals surface area contributed by atoms with E-state index in [1.54, 1.807) is 6.92 Å². The van der Waals surface area contributed by atoms with Gasteiger partial charge in [0, 0.05) is 35.0 Å². The minimum absolute atomic E-state index is 0.0153. The summed E-state index contributed by atoms with van der Waals surface area (Å²) in [6.45, 7) is 2.57. The highest BCUT2D eigenvalue weighted by atomic mass is 19.1. The number of carbonyl (C=O) groups excluding carboxylic acids is 2. The molecule has 3 aromatic rings. The Morgan fingerprint density at radius 2 is 1.84 bits per heavy atom. The van der Waals surface area contributed by atoms with Crippen molar-refractivity contribution in [2.24, 2.45) is 17.3 Å². The van der Waals surface area contributed by atoms with Crippen molar-refractivity contribution in [3.05, 3.63) is 47.9 Å². The summed E-state index contributed by atoms with van der Waals surface area (Å²) in [5.41, 5.74) is 0.240. The Morgan fingerprint density at radius 3 is 2.51 bits per heavy atom. The van der Waals surface area contributed by atoms with E-state index in [9.17, 15) is 14.0 Å². The molecule has 0 unspecified atom stereocenters. The highest BCUT2D eigenvalue weighted by molar-refractivity contribution is 5.96. The van der Waals surface area contributed by atoms with Crippen LogP contribution in [0.2, 0.25) is 0 Å². The number of carbonyl (C=O) groups is 2. The first-order chi connectivity index (χ1) is 20.8. The average Bonchev–Trinajstić information content (AvgIpc) is 3.36. The van der Waals surface area contributed by atoms with Crippen LogP contribution in [-0.4, -0.2) is 45.8 Å². The summed E-state index contributed by atoms with van der Waals surface area (Å²) in [5.74, 6) is 1.71. The van der Waals surface area contributed by atoms with E-state index in [0.29, 0.717) is 37.3 Å². The molecule has 7 fully saturated rings. The summed E-state index contributed by atoms with van der Waals surface area (Å²) in [4.78, 5) is 37.5. The van der Waals surface area contributed by atoms with E-state index >= 15 is 0 Å². The smallest absolute Gasteiger partial charge is 0.360 e. The summed E-state index contributed by atoms with van der Waals surface area (Å²) in [6.07, 6.45) is 10.7. The number of rotatable bonds is 9. The third-order valence-corrected chi connectivity index (χ3v) is 11.1. The third kappa shape index (κ3) is 4.59. The molecule has 0 spiro atoms. The molecular weight excluding hydrogens is 551 g/mol. The van der Waals surface area contributed by atoms with Gasteiger partial charge >= 0.3 is 5.97 Å². The third-order valence-electron chi connectivity index (χ3n) is 11.1. The van der Waals surface area contributed by atoms with Gasteiger partial charge in [-0.2, -0.15) is 4.98 Å². The number of anilines is 1. The number of benzene rings is 1. The molecule has 0 N–H and O–H groups in total. The van der Waals surface area contributed by atoms with Crippen molar-refractivity contribution in [1.29, 1.82) is 0 Å². The Morgan fingerprint density at radius 1 is 1.07 bits per heavy atom. The van der Waals surface area contributed by atoms with Crippen LogP contribution in [0.15, 0.2) is 39.5 Å². The molecule has 1 atom stereocenters. The molecule has 1 amide bonds. The Bertz CT molecular complexity index is 1550. The number of nitrogens with zero attached hydrogens (tertiary/aromatic N) is 4. The van der Waals surface area contributed by atoms with Crippen LogP contribution >= 0.6 is 0 Å². The molecule has 0 saturated heterocycles.